The zero-order valence-electron chi connectivity index (χ0n) is 17.7. The Bertz CT molecular complexity index is 1040. The first-order chi connectivity index (χ1) is 14.6. The molecule has 0 saturated carbocycles. The molecule has 2 aromatic rings. The number of carbonyl (C=O) groups is 1. The number of nitrogens with zero attached hydrogens (tertiary/aromatic N) is 1. The van der Waals surface area contributed by atoms with Crippen molar-refractivity contribution in [2.75, 3.05) is 41.7 Å². The topological polar surface area (TPSA) is 75.7 Å². The van der Waals surface area contributed by atoms with Crippen LogP contribution in [0.25, 0.3) is 0 Å². The normalized spacial score (nSPS) is 21.0. The van der Waals surface area contributed by atoms with Crippen LogP contribution < -0.4 is 23.7 Å². The molecule has 0 spiro atoms. The lowest BCUT2D eigenvalue weighted by atomic mass is 9.85. The molecule has 166 valence electrons. The smallest absolute Gasteiger partial charge is 0.343 e. The molecule has 0 fully saturated rings. The highest BCUT2D eigenvalue weighted by Crippen LogP contribution is 2.55. The summed E-state index contributed by atoms with van der Waals surface area (Å²) < 4.78 is 33.8. The molecule has 0 bridgehead atoms. The average Bonchev–Trinajstić information content (AvgIpc) is 3.35. The molecule has 0 aliphatic carbocycles. The zero-order valence-corrected chi connectivity index (χ0v) is 18.5. The fourth-order valence-electron chi connectivity index (χ4n) is 4.71. The van der Waals surface area contributed by atoms with Crippen LogP contribution in [-0.4, -0.2) is 52.6 Å². The molecule has 0 amide bonds. The van der Waals surface area contributed by atoms with Crippen LogP contribution in [0.15, 0.2) is 18.2 Å². The maximum absolute atomic E-state index is 12.9. The SMILES string of the molecule is COc1ccc2c(c1OC)C(=O)O[C@H]2[C@@H]1c2c(cc3c(c2OC)OCO3)CCN1C.Cl. The number of esters is 1. The van der Waals surface area contributed by atoms with Crippen molar-refractivity contribution in [3.05, 3.63) is 40.5 Å². The van der Waals surface area contributed by atoms with Crippen LogP contribution >= 0.6 is 12.4 Å². The summed E-state index contributed by atoms with van der Waals surface area (Å²) in [4.78, 5) is 15.1. The third-order valence-electron chi connectivity index (χ3n) is 6.06. The quantitative estimate of drug-likeness (QED) is 0.658. The van der Waals surface area contributed by atoms with Gasteiger partial charge in [-0.1, -0.05) is 6.07 Å². The molecular formula is C22H24ClNO7. The molecule has 9 heteroatoms. The van der Waals surface area contributed by atoms with Gasteiger partial charge in [-0.25, -0.2) is 4.79 Å². The fourth-order valence-corrected chi connectivity index (χ4v) is 4.71. The fraction of sp³-hybridized carbons (Fsp3) is 0.409. The van der Waals surface area contributed by atoms with Crippen molar-refractivity contribution in [1.82, 2.24) is 4.90 Å². The summed E-state index contributed by atoms with van der Waals surface area (Å²) in [5.41, 5.74) is 3.23. The van der Waals surface area contributed by atoms with E-state index in [4.69, 9.17) is 28.4 Å². The first-order valence-electron chi connectivity index (χ1n) is 9.74. The van der Waals surface area contributed by atoms with E-state index >= 15 is 0 Å². The third kappa shape index (κ3) is 3.04. The molecule has 0 saturated heterocycles. The van der Waals surface area contributed by atoms with E-state index in [0.29, 0.717) is 34.3 Å². The molecule has 3 aliphatic heterocycles. The van der Waals surface area contributed by atoms with Gasteiger partial charge in [-0.2, -0.15) is 0 Å². The van der Waals surface area contributed by atoms with E-state index in [1.807, 2.05) is 19.2 Å². The number of methoxy groups -OCH3 is 3. The predicted octanol–water partition coefficient (Wildman–Crippen LogP) is 3.30. The Morgan fingerprint density at radius 1 is 1.06 bits per heavy atom. The Labute approximate surface area is 186 Å². The lowest BCUT2D eigenvalue weighted by molar-refractivity contribution is 0.00874. The number of ether oxygens (including phenoxy) is 6. The van der Waals surface area contributed by atoms with Crippen LogP contribution in [0.4, 0.5) is 0 Å². The van der Waals surface area contributed by atoms with Gasteiger partial charge >= 0.3 is 5.97 Å². The first-order valence-corrected chi connectivity index (χ1v) is 9.74. The van der Waals surface area contributed by atoms with Crippen LogP contribution in [0.2, 0.25) is 0 Å². The van der Waals surface area contributed by atoms with Crippen LogP contribution in [0, 0.1) is 0 Å². The van der Waals surface area contributed by atoms with Crippen LogP contribution in [0.3, 0.4) is 0 Å². The molecule has 0 unspecified atom stereocenters. The van der Waals surface area contributed by atoms with Gasteiger partial charge in [-0.15, -0.1) is 12.4 Å². The summed E-state index contributed by atoms with van der Waals surface area (Å²) in [5, 5.41) is 0. The Hall–Kier alpha value is -2.84. The largest absolute Gasteiger partial charge is 0.493 e. The molecule has 5 rings (SSSR count). The molecule has 0 aromatic heterocycles. The van der Waals surface area contributed by atoms with E-state index in [1.165, 1.54) is 7.11 Å². The number of likely N-dealkylation sites (N-methyl/N-ethyl adjacent to an activating group) is 1. The Morgan fingerprint density at radius 2 is 1.84 bits per heavy atom. The highest BCUT2D eigenvalue weighted by Gasteiger charge is 2.46. The minimum atomic E-state index is -0.523. The summed E-state index contributed by atoms with van der Waals surface area (Å²) in [6, 6.07) is 5.43. The van der Waals surface area contributed by atoms with E-state index in [-0.39, 0.29) is 25.2 Å². The molecule has 0 radical (unpaired) electrons. The number of hydrogen-bond acceptors (Lipinski definition) is 8. The second-order valence-corrected chi connectivity index (χ2v) is 7.48. The molecule has 8 nitrogen and oxygen atoms in total. The van der Waals surface area contributed by atoms with Gasteiger partial charge in [0.15, 0.2) is 23.0 Å². The van der Waals surface area contributed by atoms with Crippen molar-refractivity contribution < 1.29 is 33.2 Å². The number of cyclic esters (lactones) is 1. The van der Waals surface area contributed by atoms with Crippen molar-refractivity contribution >= 4 is 18.4 Å². The van der Waals surface area contributed by atoms with Gasteiger partial charge in [0.05, 0.1) is 27.4 Å². The molecular weight excluding hydrogens is 426 g/mol. The van der Waals surface area contributed by atoms with Crippen molar-refractivity contribution in [2.24, 2.45) is 0 Å². The van der Waals surface area contributed by atoms with Crippen molar-refractivity contribution in [2.45, 2.75) is 18.6 Å². The molecule has 31 heavy (non-hydrogen) atoms. The van der Waals surface area contributed by atoms with Gasteiger partial charge < -0.3 is 28.4 Å². The second kappa shape index (κ2) is 8.01. The zero-order chi connectivity index (χ0) is 21.0. The summed E-state index contributed by atoms with van der Waals surface area (Å²) in [6.07, 6.45) is 0.306. The Morgan fingerprint density at radius 3 is 2.55 bits per heavy atom. The highest BCUT2D eigenvalue weighted by atomic mass is 35.5. The Balaban J connectivity index is 0.00000231. The van der Waals surface area contributed by atoms with Crippen LogP contribution in [0.5, 0.6) is 28.7 Å². The van der Waals surface area contributed by atoms with E-state index in [9.17, 15) is 4.79 Å². The van der Waals surface area contributed by atoms with Gasteiger partial charge in [0.2, 0.25) is 12.5 Å². The average molecular weight is 450 g/mol. The minimum absolute atomic E-state index is 0. The van der Waals surface area contributed by atoms with Crippen molar-refractivity contribution in [3.8, 4) is 28.7 Å². The van der Waals surface area contributed by atoms with Gasteiger partial charge in [0, 0.05) is 17.7 Å². The van der Waals surface area contributed by atoms with E-state index < -0.39 is 12.1 Å². The van der Waals surface area contributed by atoms with E-state index in [2.05, 4.69) is 4.90 Å². The molecule has 0 N–H and O–H groups in total. The molecule has 3 aliphatic rings. The monoisotopic (exact) mass is 449 g/mol. The molecule has 2 aromatic carbocycles. The van der Waals surface area contributed by atoms with Crippen molar-refractivity contribution in [1.29, 1.82) is 0 Å². The highest BCUT2D eigenvalue weighted by molar-refractivity contribution is 5.98. The predicted molar refractivity (Wildman–Crippen MR) is 113 cm³/mol. The van der Waals surface area contributed by atoms with E-state index in [0.717, 1.165) is 29.7 Å². The minimum Gasteiger partial charge on any atom is -0.493 e. The number of rotatable bonds is 4. The standard InChI is InChI=1S/C22H23NO7.ClH/c1-23-8-7-11-9-14-20(29-10-28-14)21(27-4)15(11)17(23)18-12-5-6-13(25-2)19(26-3)16(12)22(24)30-18;/h5-6,9,17-18H,7-8,10H2,1-4H3;1H/t17-,18+;/m0./s1. The number of hydrogen-bond donors (Lipinski definition) is 0. The maximum Gasteiger partial charge on any atom is 0.343 e. The summed E-state index contributed by atoms with van der Waals surface area (Å²) >= 11 is 0. The number of fused-ring (bicyclic) bond motifs is 3. The van der Waals surface area contributed by atoms with Gasteiger partial charge in [-0.05, 0) is 31.2 Å². The van der Waals surface area contributed by atoms with Gasteiger partial charge in [0.25, 0.3) is 0 Å². The van der Waals surface area contributed by atoms with Gasteiger partial charge in [0.1, 0.15) is 11.7 Å². The van der Waals surface area contributed by atoms with Crippen LogP contribution in [0.1, 0.15) is 39.2 Å². The van der Waals surface area contributed by atoms with E-state index in [1.54, 1.807) is 20.3 Å². The first kappa shape index (κ1) is 21.4. The van der Waals surface area contributed by atoms with Crippen LogP contribution in [-0.2, 0) is 11.2 Å². The summed E-state index contributed by atoms with van der Waals surface area (Å²) in [5.74, 6) is 2.36. The summed E-state index contributed by atoms with van der Waals surface area (Å²) in [6.45, 7) is 0.963. The molecule has 3 heterocycles. The Kier molecular flexibility index (Phi) is 5.53. The maximum atomic E-state index is 12.9. The van der Waals surface area contributed by atoms with Crippen molar-refractivity contribution in [3.63, 3.8) is 0 Å². The molecule has 2 atom stereocenters. The lowest BCUT2D eigenvalue weighted by Crippen LogP contribution is -2.36. The second-order valence-electron chi connectivity index (χ2n) is 7.48. The number of carbonyl (C=O) groups excluding carboxylic acids is 1. The lowest BCUT2D eigenvalue weighted by Gasteiger charge is -2.38. The summed E-state index contributed by atoms with van der Waals surface area (Å²) in [7, 11) is 6.70. The third-order valence-corrected chi connectivity index (χ3v) is 6.06. The number of halogens is 1. The number of benzene rings is 2. The van der Waals surface area contributed by atoms with Gasteiger partial charge in [-0.3, -0.25) is 4.90 Å².